The first-order valence-corrected chi connectivity index (χ1v) is 10.7. The van der Waals surface area contributed by atoms with Crippen LogP contribution in [0.3, 0.4) is 0 Å². The third kappa shape index (κ3) is 4.71. The minimum atomic E-state index is -1.72. The van der Waals surface area contributed by atoms with Crippen molar-refractivity contribution in [2.45, 2.75) is 37.4 Å². The summed E-state index contributed by atoms with van der Waals surface area (Å²) < 4.78 is 14.2. The van der Waals surface area contributed by atoms with Crippen molar-refractivity contribution in [3.8, 4) is 5.69 Å². The van der Waals surface area contributed by atoms with Crippen molar-refractivity contribution in [1.82, 2.24) is 14.8 Å². The molecule has 1 aromatic heterocycles. The van der Waals surface area contributed by atoms with Gasteiger partial charge in [0.15, 0.2) is 0 Å². The number of anilines is 1. The monoisotopic (exact) mass is 429 g/mol. The van der Waals surface area contributed by atoms with Crippen LogP contribution in [0.4, 0.5) is 11.6 Å². The summed E-state index contributed by atoms with van der Waals surface area (Å²) in [7, 11) is -1.72. The molecule has 3 aromatic rings. The largest absolute Gasteiger partial charge is 0.392 e. The Balaban J connectivity index is 1.82. The standard InChI is InChI=1S/C20H23N5O4S/c1-13(2)18-9-4-3-6-14(18)10-17(26)12-30(29)20-23-22-19(21)24(20)15-7-5-8-16(11-15)25(27)28/h3-9,11,13,17,26H,10,12H2,1-2H3,(H2,21,22). The highest BCUT2D eigenvalue weighted by Gasteiger charge is 2.22. The molecule has 2 aromatic carbocycles. The Bertz CT molecular complexity index is 1080. The van der Waals surface area contributed by atoms with E-state index in [1.165, 1.54) is 22.8 Å². The van der Waals surface area contributed by atoms with Crippen LogP contribution in [0.5, 0.6) is 0 Å². The predicted octanol–water partition coefficient (Wildman–Crippen LogP) is 2.59. The molecule has 158 valence electrons. The molecule has 3 N–H and O–H groups in total. The lowest BCUT2D eigenvalue weighted by Gasteiger charge is -2.16. The Morgan fingerprint density at radius 3 is 2.63 bits per heavy atom. The summed E-state index contributed by atoms with van der Waals surface area (Å²) in [6.45, 7) is 4.15. The summed E-state index contributed by atoms with van der Waals surface area (Å²) in [5.74, 6) is 0.189. The zero-order valence-electron chi connectivity index (χ0n) is 16.6. The van der Waals surface area contributed by atoms with Crippen LogP contribution in [0.15, 0.2) is 53.7 Å². The Labute approximate surface area is 176 Å². The van der Waals surface area contributed by atoms with Gasteiger partial charge < -0.3 is 10.8 Å². The Morgan fingerprint density at radius 2 is 1.93 bits per heavy atom. The molecule has 0 spiro atoms. The number of aliphatic hydroxyl groups is 1. The lowest BCUT2D eigenvalue weighted by atomic mass is 9.94. The van der Waals surface area contributed by atoms with E-state index in [2.05, 4.69) is 24.0 Å². The lowest BCUT2D eigenvalue weighted by Crippen LogP contribution is -2.22. The number of nitrogens with two attached hydrogens (primary N) is 1. The number of nitrogen functional groups attached to an aromatic ring is 1. The Morgan fingerprint density at radius 1 is 1.20 bits per heavy atom. The third-order valence-corrected chi connectivity index (χ3v) is 6.00. The number of rotatable bonds is 8. The van der Waals surface area contributed by atoms with Crippen molar-refractivity contribution in [3.05, 3.63) is 69.8 Å². The van der Waals surface area contributed by atoms with Gasteiger partial charge in [-0.25, -0.2) is 0 Å². The lowest BCUT2D eigenvalue weighted by molar-refractivity contribution is -0.384. The average Bonchev–Trinajstić information content (AvgIpc) is 3.09. The van der Waals surface area contributed by atoms with Crippen LogP contribution in [0, 0.1) is 10.1 Å². The number of benzene rings is 2. The van der Waals surface area contributed by atoms with Gasteiger partial charge in [-0.05, 0) is 29.5 Å². The molecule has 2 unspecified atom stereocenters. The number of nitro groups is 1. The Kier molecular flexibility index (Phi) is 6.58. The number of nitrogens with zero attached hydrogens (tertiary/aromatic N) is 4. The van der Waals surface area contributed by atoms with Crippen LogP contribution in [0.1, 0.15) is 30.9 Å². The van der Waals surface area contributed by atoms with Crippen molar-refractivity contribution < 1.29 is 14.2 Å². The minimum Gasteiger partial charge on any atom is -0.392 e. The van der Waals surface area contributed by atoms with E-state index < -0.39 is 21.8 Å². The van der Waals surface area contributed by atoms with Crippen LogP contribution in [0.2, 0.25) is 0 Å². The van der Waals surface area contributed by atoms with Gasteiger partial charge in [-0.15, -0.1) is 10.2 Å². The molecule has 0 saturated carbocycles. The number of aliphatic hydroxyl groups excluding tert-OH is 1. The van der Waals surface area contributed by atoms with E-state index in [0.29, 0.717) is 18.0 Å². The molecule has 0 bridgehead atoms. The summed E-state index contributed by atoms with van der Waals surface area (Å²) >= 11 is 0. The van der Waals surface area contributed by atoms with Gasteiger partial charge in [0.25, 0.3) is 5.69 Å². The molecule has 0 aliphatic heterocycles. The zero-order chi connectivity index (χ0) is 21.8. The molecular formula is C20H23N5O4S. The topological polar surface area (TPSA) is 137 Å². The van der Waals surface area contributed by atoms with Gasteiger partial charge in [0.05, 0.1) is 33.3 Å². The van der Waals surface area contributed by atoms with E-state index >= 15 is 0 Å². The smallest absolute Gasteiger partial charge is 0.271 e. The second-order valence-electron chi connectivity index (χ2n) is 7.18. The van der Waals surface area contributed by atoms with E-state index in [9.17, 15) is 19.4 Å². The maximum Gasteiger partial charge on any atom is 0.271 e. The molecule has 0 aliphatic carbocycles. The molecular weight excluding hydrogens is 406 g/mol. The first-order valence-electron chi connectivity index (χ1n) is 9.38. The average molecular weight is 430 g/mol. The first kappa shape index (κ1) is 21.6. The predicted molar refractivity (Wildman–Crippen MR) is 114 cm³/mol. The van der Waals surface area contributed by atoms with Crippen LogP contribution in [0.25, 0.3) is 5.69 Å². The number of hydrogen-bond donors (Lipinski definition) is 2. The van der Waals surface area contributed by atoms with Crippen LogP contribution < -0.4 is 5.73 Å². The van der Waals surface area contributed by atoms with Gasteiger partial charge in [-0.1, -0.05) is 44.2 Å². The van der Waals surface area contributed by atoms with Gasteiger partial charge in [0.2, 0.25) is 11.1 Å². The number of hydrogen-bond acceptors (Lipinski definition) is 7. The highest BCUT2D eigenvalue weighted by atomic mass is 32.2. The van der Waals surface area contributed by atoms with Gasteiger partial charge in [-0.3, -0.25) is 18.9 Å². The third-order valence-electron chi connectivity index (χ3n) is 4.64. The highest BCUT2D eigenvalue weighted by molar-refractivity contribution is 7.84. The summed E-state index contributed by atoms with van der Waals surface area (Å²) in [4.78, 5) is 10.5. The molecule has 0 radical (unpaired) electrons. The molecule has 30 heavy (non-hydrogen) atoms. The van der Waals surface area contributed by atoms with E-state index in [1.54, 1.807) is 6.07 Å². The normalized spacial score (nSPS) is 13.3. The van der Waals surface area contributed by atoms with Crippen LogP contribution in [-0.2, 0) is 17.2 Å². The van der Waals surface area contributed by atoms with Crippen molar-refractivity contribution in [1.29, 1.82) is 0 Å². The van der Waals surface area contributed by atoms with Crippen molar-refractivity contribution in [2.75, 3.05) is 11.5 Å². The zero-order valence-corrected chi connectivity index (χ0v) is 17.5. The van der Waals surface area contributed by atoms with Crippen LogP contribution in [-0.4, -0.2) is 40.9 Å². The van der Waals surface area contributed by atoms with E-state index in [0.717, 1.165) is 11.1 Å². The second-order valence-corrected chi connectivity index (χ2v) is 8.57. The fourth-order valence-electron chi connectivity index (χ4n) is 3.26. The molecule has 3 rings (SSSR count). The van der Waals surface area contributed by atoms with Gasteiger partial charge in [-0.2, -0.15) is 0 Å². The van der Waals surface area contributed by atoms with E-state index in [-0.39, 0.29) is 22.5 Å². The minimum absolute atomic E-state index is 0.0317. The summed E-state index contributed by atoms with van der Waals surface area (Å²) in [5.41, 5.74) is 8.19. The molecule has 2 atom stereocenters. The van der Waals surface area contributed by atoms with Crippen molar-refractivity contribution in [3.63, 3.8) is 0 Å². The molecule has 0 amide bonds. The number of nitro benzene ring substituents is 1. The summed E-state index contributed by atoms with van der Waals surface area (Å²) in [6, 6.07) is 13.6. The SMILES string of the molecule is CC(C)c1ccccc1CC(O)CS(=O)c1nnc(N)n1-c1cccc([N+](=O)[O-])c1. The van der Waals surface area contributed by atoms with Crippen LogP contribution >= 0.6 is 0 Å². The molecule has 0 saturated heterocycles. The summed E-state index contributed by atoms with van der Waals surface area (Å²) in [6.07, 6.45) is -0.525. The number of aromatic nitrogens is 3. The molecule has 9 nitrogen and oxygen atoms in total. The van der Waals surface area contributed by atoms with E-state index in [1.807, 2.05) is 24.3 Å². The Hall–Kier alpha value is -3.11. The van der Waals surface area contributed by atoms with Crippen molar-refractivity contribution >= 4 is 22.4 Å². The quantitative estimate of drug-likeness (QED) is 0.415. The molecule has 0 aliphatic rings. The maximum atomic E-state index is 12.9. The fourth-order valence-corrected chi connectivity index (χ4v) is 4.41. The highest BCUT2D eigenvalue weighted by Crippen LogP contribution is 2.23. The molecule has 10 heteroatoms. The molecule has 0 fully saturated rings. The van der Waals surface area contributed by atoms with Gasteiger partial charge >= 0.3 is 0 Å². The van der Waals surface area contributed by atoms with Gasteiger partial charge in [0, 0.05) is 12.1 Å². The van der Waals surface area contributed by atoms with Gasteiger partial charge in [0.1, 0.15) is 0 Å². The fraction of sp³-hybridized carbons (Fsp3) is 0.300. The maximum absolute atomic E-state index is 12.9. The van der Waals surface area contributed by atoms with E-state index in [4.69, 9.17) is 5.73 Å². The van der Waals surface area contributed by atoms with Crippen molar-refractivity contribution in [2.24, 2.45) is 0 Å². The molecule has 1 heterocycles. The number of non-ortho nitro benzene ring substituents is 1. The second kappa shape index (κ2) is 9.14. The summed E-state index contributed by atoms with van der Waals surface area (Å²) in [5, 5.41) is 29.3. The first-order chi connectivity index (χ1) is 14.3.